The van der Waals surface area contributed by atoms with Crippen molar-refractivity contribution < 1.29 is 0 Å². The van der Waals surface area contributed by atoms with Gasteiger partial charge in [-0.3, -0.25) is 0 Å². The van der Waals surface area contributed by atoms with Crippen LogP contribution in [0.25, 0.3) is 11.0 Å². The van der Waals surface area contributed by atoms with Gasteiger partial charge in [-0.1, -0.05) is 49.0 Å². The van der Waals surface area contributed by atoms with Crippen molar-refractivity contribution in [3.8, 4) is 0 Å². The van der Waals surface area contributed by atoms with Crippen molar-refractivity contribution in [2.45, 2.75) is 24.3 Å². The van der Waals surface area contributed by atoms with Gasteiger partial charge in [-0.15, -0.1) is 0 Å². The average molecular weight is 392 g/mol. The SMILES string of the molecule is CCc1ccccc1Nc1nc(N)nc(CSc2nc3ccccc3n2C)n1. The van der Waals surface area contributed by atoms with E-state index in [1.54, 1.807) is 11.8 Å². The number of para-hydroxylation sites is 3. The summed E-state index contributed by atoms with van der Waals surface area (Å²) in [7, 11) is 2.01. The molecule has 2 aromatic heterocycles. The molecule has 7 nitrogen and oxygen atoms in total. The van der Waals surface area contributed by atoms with Gasteiger partial charge in [-0.05, 0) is 30.2 Å². The summed E-state index contributed by atoms with van der Waals surface area (Å²) in [5.41, 5.74) is 10.1. The number of benzene rings is 2. The Hall–Kier alpha value is -3.13. The van der Waals surface area contributed by atoms with Gasteiger partial charge in [-0.2, -0.15) is 15.0 Å². The molecular formula is C20H21N7S. The summed E-state index contributed by atoms with van der Waals surface area (Å²) >= 11 is 1.57. The first kappa shape index (κ1) is 18.2. The third kappa shape index (κ3) is 3.77. The number of nitrogen functional groups attached to an aromatic ring is 1. The molecule has 0 saturated carbocycles. The summed E-state index contributed by atoms with van der Waals surface area (Å²) in [6, 6.07) is 16.1. The van der Waals surface area contributed by atoms with Crippen molar-refractivity contribution in [3.63, 3.8) is 0 Å². The van der Waals surface area contributed by atoms with E-state index in [2.05, 4.69) is 48.9 Å². The molecule has 0 bridgehead atoms. The van der Waals surface area contributed by atoms with E-state index < -0.39 is 0 Å². The van der Waals surface area contributed by atoms with E-state index in [1.807, 2.05) is 43.4 Å². The van der Waals surface area contributed by atoms with Gasteiger partial charge in [0.25, 0.3) is 0 Å². The Kier molecular flexibility index (Phi) is 5.12. The van der Waals surface area contributed by atoms with Crippen molar-refractivity contribution in [1.29, 1.82) is 0 Å². The lowest BCUT2D eigenvalue weighted by Gasteiger charge is -2.10. The second kappa shape index (κ2) is 7.85. The van der Waals surface area contributed by atoms with Gasteiger partial charge in [0.1, 0.15) is 5.82 Å². The minimum Gasteiger partial charge on any atom is -0.368 e. The predicted molar refractivity (Wildman–Crippen MR) is 114 cm³/mol. The lowest BCUT2D eigenvalue weighted by atomic mass is 10.1. The molecule has 4 aromatic rings. The zero-order valence-electron chi connectivity index (χ0n) is 15.8. The second-order valence-corrected chi connectivity index (χ2v) is 7.24. The van der Waals surface area contributed by atoms with Crippen LogP contribution in [0.5, 0.6) is 0 Å². The maximum Gasteiger partial charge on any atom is 0.232 e. The highest BCUT2D eigenvalue weighted by Crippen LogP contribution is 2.25. The van der Waals surface area contributed by atoms with E-state index in [9.17, 15) is 0 Å². The van der Waals surface area contributed by atoms with E-state index in [0.29, 0.717) is 17.5 Å². The number of anilines is 3. The lowest BCUT2D eigenvalue weighted by Crippen LogP contribution is -2.07. The third-order valence-electron chi connectivity index (χ3n) is 4.42. The summed E-state index contributed by atoms with van der Waals surface area (Å²) < 4.78 is 2.07. The number of nitrogens with one attached hydrogen (secondary N) is 1. The van der Waals surface area contributed by atoms with E-state index in [0.717, 1.165) is 28.3 Å². The molecule has 2 aromatic carbocycles. The summed E-state index contributed by atoms with van der Waals surface area (Å²) in [4.78, 5) is 17.7. The van der Waals surface area contributed by atoms with Crippen LogP contribution in [-0.2, 0) is 19.2 Å². The van der Waals surface area contributed by atoms with Crippen LogP contribution in [0.4, 0.5) is 17.6 Å². The minimum atomic E-state index is 0.201. The average Bonchev–Trinajstić information content (AvgIpc) is 3.02. The van der Waals surface area contributed by atoms with Crippen LogP contribution in [0.2, 0.25) is 0 Å². The number of fused-ring (bicyclic) bond motifs is 1. The molecular weight excluding hydrogens is 370 g/mol. The fourth-order valence-corrected chi connectivity index (χ4v) is 3.85. The Balaban J connectivity index is 1.54. The van der Waals surface area contributed by atoms with Gasteiger partial charge in [0.15, 0.2) is 5.16 Å². The van der Waals surface area contributed by atoms with Crippen LogP contribution in [0.1, 0.15) is 18.3 Å². The lowest BCUT2D eigenvalue weighted by molar-refractivity contribution is 0.813. The Morgan fingerprint density at radius 1 is 1.00 bits per heavy atom. The number of nitrogens with zero attached hydrogens (tertiary/aromatic N) is 5. The topological polar surface area (TPSA) is 94.5 Å². The number of hydrogen-bond acceptors (Lipinski definition) is 7. The van der Waals surface area contributed by atoms with Gasteiger partial charge >= 0.3 is 0 Å². The minimum absolute atomic E-state index is 0.201. The smallest absolute Gasteiger partial charge is 0.232 e. The Labute approximate surface area is 167 Å². The summed E-state index contributed by atoms with van der Waals surface area (Å²) in [5.74, 6) is 1.82. The van der Waals surface area contributed by atoms with Crippen LogP contribution in [0, 0.1) is 0 Å². The van der Waals surface area contributed by atoms with Crippen LogP contribution in [0.3, 0.4) is 0 Å². The molecule has 0 spiro atoms. The highest BCUT2D eigenvalue weighted by Gasteiger charge is 2.11. The van der Waals surface area contributed by atoms with Gasteiger partial charge in [-0.25, -0.2) is 4.98 Å². The molecule has 0 aliphatic rings. The fraction of sp³-hybridized carbons (Fsp3) is 0.200. The molecule has 8 heteroatoms. The molecule has 0 saturated heterocycles. The number of hydrogen-bond donors (Lipinski definition) is 2. The molecule has 0 amide bonds. The zero-order valence-corrected chi connectivity index (χ0v) is 16.6. The molecule has 0 atom stereocenters. The molecule has 2 heterocycles. The number of imidazole rings is 1. The molecule has 0 radical (unpaired) electrons. The Bertz CT molecular complexity index is 1120. The zero-order chi connectivity index (χ0) is 19.5. The molecule has 28 heavy (non-hydrogen) atoms. The molecule has 0 aliphatic carbocycles. The normalized spacial score (nSPS) is 11.1. The summed E-state index contributed by atoms with van der Waals surface area (Å²) in [5, 5.41) is 4.17. The Morgan fingerprint density at radius 3 is 2.61 bits per heavy atom. The van der Waals surface area contributed by atoms with Gasteiger partial charge in [0.2, 0.25) is 11.9 Å². The number of thioether (sulfide) groups is 1. The van der Waals surface area contributed by atoms with Crippen molar-refractivity contribution in [2.75, 3.05) is 11.1 Å². The maximum absolute atomic E-state index is 5.91. The number of nitrogens with two attached hydrogens (primary N) is 1. The van der Waals surface area contributed by atoms with Crippen molar-refractivity contribution >= 4 is 40.4 Å². The highest BCUT2D eigenvalue weighted by atomic mass is 32.2. The molecule has 0 aliphatic heterocycles. The summed E-state index contributed by atoms with van der Waals surface area (Å²) in [6.07, 6.45) is 0.916. The van der Waals surface area contributed by atoms with Crippen LogP contribution in [-0.4, -0.2) is 24.5 Å². The standard InChI is InChI=1S/C20H21N7S/c1-3-13-8-4-5-9-14(13)22-19-25-17(24-18(21)26-19)12-28-20-23-15-10-6-7-11-16(15)27(20)2/h4-11H,3,12H2,1-2H3,(H3,21,22,24,25,26). The fourth-order valence-electron chi connectivity index (χ4n) is 3.01. The van der Waals surface area contributed by atoms with Crippen LogP contribution in [0.15, 0.2) is 53.7 Å². The quantitative estimate of drug-likeness (QED) is 0.481. The van der Waals surface area contributed by atoms with Crippen molar-refractivity contribution in [3.05, 3.63) is 59.9 Å². The van der Waals surface area contributed by atoms with Crippen molar-refractivity contribution in [2.24, 2.45) is 7.05 Å². The maximum atomic E-state index is 5.91. The van der Waals surface area contributed by atoms with Crippen LogP contribution < -0.4 is 11.1 Å². The predicted octanol–water partition coefficient (Wildman–Crippen LogP) is 3.94. The molecule has 0 fully saturated rings. The van der Waals surface area contributed by atoms with Crippen molar-refractivity contribution in [1.82, 2.24) is 24.5 Å². The van der Waals surface area contributed by atoms with E-state index in [1.165, 1.54) is 5.56 Å². The highest BCUT2D eigenvalue weighted by molar-refractivity contribution is 7.98. The first-order valence-corrected chi connectivity index (χ1v) is 10.0. The molecule has 3 N–H and O–H groups in total. The second-order valence-electron chi connectivity index (χ2n) is 6.30. The first-order chi connectivity index (χ1) is 13.6. The van der Waals surface area contributed by atoms with E-state index in [-0.39, 0.29) is 5.95 Å². The first-order valence-electron chi connectivity index (χ1n) is 9.03. The third-order valence-corrected chi connectivity index (χ3v) is 5.45. The van der Waals surface area contributed by atoms with Gasteiger partial charge < -0.3 is 15.6 Å². The van der Waals surface area contributed by atoms with Gasteiger partial charge in [0, 0.05) is 12.7 Å². The summed E-state index contributed by atoms with van der Waals surface area (Å²) in [6.45, 7) is 2.11. The molecule has 4 rings (SSSR count). The number of aromatic nitrogens is 5. The Morgan fingerprint density at radius 2 is 1.79 bits per heavy atom. The number of rotatable bonds is 6. The number of aryl methyl sites for hydroxylation is 2. The molecule has 0 unspecified atom stereocenters. The largest absolute Gasteiger partial charge is 0.368 e. The van der Waals surface area contributed by atoms with Gasteiger partial charge in [0.05, 0.1) is 16.8 Å². The molecule has 142 valence electrons. The monoisotopic (exact) mass is 391 g/mol. The van der Waals surface area contributed by atoms with E-state index in [4.69, 9.17) is 5.73 Å². The van der Waals surface area contributed by atoms with Crippen LogP contribution >= 0.6 is 11.8 Å². The van der Waals surface area contributed by atoms with E-state index >= 15 is 0 Å².